The summed E-state index contributed by atoms with van der Waals surface area (Å²) >= 11 is 14.9. The minimum atomic E-state index is -0.636. The van der Waals surface area contributed by atoms with Crippen molar-refractivity contribution < 1.29 is 9.18 Å². The fraction of sp³-hybridized carbons (Fsp3) is 0. The molecule has 1 N–H and O–H groups in total. The molecule has 0 spiro atoms. The first-order valence-corrected chi connectivity index (χ1v) is 6.59. The topological polar surface area (TPSA) is 42.0 Å². The van der Waals surface area contributed by atoms with Gasteiger partial charge in [0.25, 0.3) is 5.91 Å². The molecule has 0 aliphatic heterocycles. The predicted molar refractivity (Wildman–Crippen MR) is 76.3 cm³/mol. The van der Waals surface area contributed by atoms with E-state index >= 15 is 0 Å². The number of carbonyl (C=O) groups excluding carboxylic acids is 1. The van der Waals surface area contributed by atoms with Crippen molar-refractivity contribution in [1.82, 2.24) is 4.98 Å². The smallest absolute Gasteiger partial charge is 0.258 e. The summed E-state index contributed by atoms with van der Waals surface area (Å²) in [5.74, 6) is -1.20. The number of rotatable bonds is 2. The third-order valence-corrected chi connectivity index (χ3v) is 3.76. The highest BCUT2D eigenvalue weighted by atomic mass is 79.9. The number of nitrogens with one attached hydrogen (secondary N) is 1. The van der Waals surface area contributed by atoms with Gasteiger partial charge in [-0.1, -0.05) is 23.2 Å². The SMILES string of the molecule is O=C(Nc1ccc(Br)c(Cl)c1)c1cc(F)cnc1Cl. The number of amides is 1. The van der Waals surface area contributed by atoms with E-state index < -0.39 is 11.7 Å². The summed E-state index contributed by atoms with van der Waals surface area (Å²) in [5, 5.41) is 2.94. The molecule has 1 heterocycles. The van der Waals surface area contributed by atoms with E-state index in [4.69, 9.17) is 23.2 Å². The number of carbonyl (C=O) groups is 1. The maximum atomic E-state index is 13.0. The fourth-order valence-corrected chi connectivity index (χ4v) is 1.97. The van der Waals surface area contributed by atoms with E-state index in [-0.39, 0.29) is 10.7 Å². The molecule has 2 rings (SSSR count). The molecule has 0 bridgehead atoms. The monoisotopic (exact) mass is 362 g/mol. The molecule has 1 aromatic carbocycles. The van der Waals surface area contributed by atoms with Crippen LogP contribution in [0.2, 0.25) is 10.2 Å². The lowest BCUT2D eigenvalue weighted by Crippen LogP contribution is -2.13. The Balaban J connectivity index is 2.25. The van der Waals surface area contributed by atoms with Gasteiger partial charge in [-0.2, -0.15) is 0 Å². The highest BCUT2D eigenvalue weighted by molar-refractivity contribution is 9.10. The molecule has 0 aliphatic carbocycles. The van der Waals surface area contributed by atoms with Gasteiger partial charge in [0.05, 0.1) is 16.8 Å². The Labute approximate surface area is 126 Å². The second kappa shape index (κ2) is 5.86. The Kier molecular flexibility index (Phi) is 4.39. The third-order valence-electron chi connectivity index (χ3n) is 2.23. The van der Waals surface area contributed by atoms with Gasteiger partial charge in [-0.15, -0.1) is 0 Å². The van der Waals surface area contributed by atoms with Gasteiger partial charge in [-0.3, -0.25) is 4.79 Å². The first-order valence-electron chi connectivity index (χ1n) is 5.05. The van der Waals surface area contributed by atoms with Crippen LogP contribution in [0.4, 0.5) is 10.1 Å². The minimum Gasteiger partial charge on any atom is -0.322 e. The van der Waals surface area contributed by atoms with Gasteiger partial charge in [0, 0.05) is 10.2 Å². The van der Waals surface area contributed by atoms with Crippen molar-refractivity contribution in [2.75, 3.05) is 5.32 Å². The zero-order valence-electron chi connectivity index (χ0n) is 9.25. The molecular formula is C12H6BrCl2FN2O. The lowest BCUT2D eigenvalue weighted by Gasteiger charge is -2.07. The van der Waals surface area contributed by atoms with E-state index in [0.717, 1.165) is 12.3 Å². The van der Waals surface area contributed by atoms with Crippen LogP contribution in [-0.2, 0) is 0 Å². The Morgan fingerprint density at radius 3 is 2.74 bits per heavy atom. The molecule has 3 nitrogen and oxygen atoms in total. The van der Waals surface area contributed by atoms with E-state index in [1.165, 1.54) is 0 Å². The Morgan fingerprint density at radius 1 is 1.32 bits per heavy atom. The number of nitrogens with zero attached hydrogens (tertiary/aromatic N) is 1. The lowest BCUT2D eigenvalue weighted by atomic mass is 10.2. The fourth-order valence-electron chi connectivity index (χ4n) is 1.35. The summed E-state index contributed by atoms with van der Waals surface area (Å²) < 4.78 is 13.7. The van der Waals surface area contributed by atoms with Crippen molar-refractivity contribution in [3.63, 3.8) is 0 Å². The maximum absolute atomic E-state index is 13.0. The van der Waals surface area contributed by atoms with E-state index in [0.29, 0.717) is 15.2 Å². The van der Waals surface area contributed by atoms with E-state index in [1.807, 2.05) is 0 Å². The number of hydrogen-bond donors (Lipinski definition) is 1. The first kappa shape index (κ1) is 14.2. The molecule has 19 heavy (non-hydrogen) atoms. The van der Waals surface area contributed by atoms with Gasteiger partial charge >= 0.3 is 0 Å². The van der Waals surface area contributed by atoms with Crippen LogP contribution in [0.15, 0.2) is 34.9 Å². The van der Waals surface area contributed by atoms with Crippen LogP contribution in [0, 0.1) is 5.82 Å². The van der Waals surface area contributed by atoms with E-state index in [1.54, 1.807) is 18.2 Å². The number of aromatic nitrogens is 1. The standard InChI is InChI=1S/C12H6BrCl2FN2O/c13-9-2-1-7(4-10(9)14)18-12(19)8-3-6(16)5-17-11(8)15/h1-5H,(H,18,19). The second-order valence-electron chi connectivity index (χ2n) is 3.57. The number of halogens is 4. The van der Waals surface area contributed by atoms with Gasteiger partial charge in [-0.25, -0.2) is 9.37 Å². The summed E-state index contributed by atoms with van der Waals surface area (Å²) in [5.41, 5.74) is 0.430. The molecule has 0 unspecified atom stereocenters. The molecule has 7 heteroatoms. The lowest BCUT2D eigenvalue weighted by molar-refractivity contribution is 0.102. The zero-order valence-corrected chi connectivity index (χ0v) is 12.4. The van der Waals surface area contributed by atoms with Gasteiger partial charge in [0.15, 0.2) is 0 Å². The summed E-state index contributed by atoms with van der Waals surface area (Å²) in [6.45, 7) is 0. The van der Waals surface area contributed by atoms with Crippen molar-refractivity contribution >= 4 is 50.7 Å². The number of hydrogen-bond acceptors (Lipinski definition) is 2. The number of pyridine rings is 1. The van der Waals surface area contributed by atoms with Crippen LogP contribution in [0.3, 0.4) is 0 Å². The van der Waals surface area contributed by atoms with Crippen LogP contribution in [0.1, 0.15) is 10.4 Å². The molecular weight excluding hydrogens is 358 g/mol. The van der Waals surface area contributed by atoms with E-state index in [2.05, 4.69) is 26.2 Å². The minimum absolute atomic E-state index is 0.0410. The van der Waals surface area contributed by atoms with Crippen LogP contribution in [-0.4, -0.2) is 10.9 Å². The highest BCUT2D eigenvalue weighted by Gasteiger charge is 2.13. The highest BCUT2D eigenvalue weighted by Crippen LogP contribution is 2.26. The van der Waals surface area contributed by atoms with Gasteiger partial charge in [0.1, 0.15) is 11.0 Å². The van der Waals surface area contributed by atoms with Crippen LogP contribution in [0.25, 0.3) is 0 Å². The van der Waals surface area contributed by atoms with Crippen molar-refractivity contribution in [3.05, 3.63) is 56.5 Å². The van der Waals surface area contributed by atoms with Gasteiger partial charge in [-0.05, 0) is 40.2 Å². The molecule has 0 saturated carbocycles. The predicted octanol–water partition coefficient (Wildman–Crippen LogP) is 4.54. The molecule has 0 radical (unpaired) electrons. The molecule has 0 saturated heterocycles. The Hall–Kier alpha value is -1.17. The molecule has 0 aliphatic rings. The first-order chi connectivity index (χ1) is 8.97. The van der Waals surface area contributed by atoms with E-state index in [9.17, 15) is 9.18 Å². The normalized spacial score (nSPS) is 10.3. The number of benzene rings is 1. The quantitative estimate of drug-likeness (QED) is 0.795. The molecule has 0 fully saturated rings. The molecule has 2 aromatic rings. The van der Waals surface area contributed by atoms with Crippen LogP contribution in [0.5, 0.6) is 0 Å². The van der Waals surface area contributed by atoms with Crippen molar-refractivity contribution in [2.45, 2.75) is 0 Å². The maximum Gasteiger partial charge on any atom is 0.258 e. The zero-order chi connectivity index (χ0) is 14.0. The van der Waals surface area contributed by atoms with Crippen LogP contribution < -0.4 is 5.32 Å². The van der Waals surface area contributed by atoms with Gasteiger partial charge < -0.3 is 5.32 Å². The Bertz CT molecular complexity index is 652. The van der Waals surface area contributed by atoms with Crippen molar-refractivity contribution in [2.24, 2.45) is 0 Å². The average Bonchev–Trinajstić information content (AvgIpc) is 2.36. The summed E-state index contributed by atoms with van der Waals surface area (Å²) in [6, 6.07) is 5.91. The van der Waals surface area contributed by atoms with Crippen molar-refractivity contribution in [3.8, 4) is 0 Å². The van der Waals surface area contributed by atoms with Gasteiger partial charge in [0.2, 0.25) is 0 Å². The summed E-state index contributed by atoms with van der Waals surface area (Å²) in [7, 11) is 0. The summed E-state index contributed by atoms with van der Waals surface area (Å²) in [4.78, 5) is 15.5. The summed E-state index contributed by atoms with van der Waals surface area (Å²) in [6.07, 6.45) is 0.940. The largest absolute Gasteiger partial charge is 0.322 e. The van der Waals surface area contributed by atoms with Crippen molar-refractivity contribution in [1.29, 1.82) is 0 Å². The molecule has 1 aromatic heterocycles. The average molecular weight is 364 g/mol. The molecule has 0 atom stereocenters. The third kappa shape index (κ3) is 3.43. The second-order valence-corrected chi connectivity index (χ2v) is 5.19. The molecule has 1 amide bonds. The molecule has 98 valence electrons. The number of anilines is 1. The van der Waals surface area contributed by atoms with Crippen LogP contribution >= 0.6 is 39.1 Å². The Morgan fingerprint density at radius 2 is 2.05 bits per heavy atom.